The van der Waals surface area contributed by atoms with Gasteiger partial charge in [0.1, 0.15) is 0 Å². The van der Waals surface area contributed by atoms with E-state index in [4.69, 9.17) is 5.73 Å². The van der Waals surface area contributed by atoms with Crippen molar-refractivity contribution < 1.29 is 18.0 Å². The molecule has 0 atom stereocenters. The highest BCUT2D eigenvalue weighted by Crippen LogP contribution is 2.34. The van der Waals surface area contributed by atoms with Crippen molar-refractivity contribution in [1.29, 1.82) is 0 Å². The van der Waals surface area contributed by atoms with E-state index < -0.39 is 11.7 Å². The van der Waals surface area contributed by atoms with Gasteiger partial charge in [0.2, 0.25) is 5.91 Å². The number of aromatic nitrogens is 1. The van der Waals surface area contributed by atoms with E-state index in [-0.39, 0.29) is 29.8 Å². The van der Waals surface area contributed by atoms with E-state index in [0.29, 0.717) is 5.69 Å². The predicted octanol–water partition coefficient (Wildman–Crippen LogP) is 6.01. The lowest BCUT2D eigenvalue weighted by molar-refractivity contribution is -0.136. The van der Waals surface area contributed by atoms with Gasteiger partial charge in [-0.05, 0) is 47.5 Å². The van der Waals surface area contributed by atoms with Gasteiger partial charge in [0.15, 0.2) is 11.8 Å². The fourth-order valence-electron chi connectivity index (χ4n) is 3.48. The van der Waals surface area contributed by atoms with Crippen molar-refractivity contribution in [3.63, 3.8) is 0 Å². The predicted molar refractivity (Wildman–Crippen MR) is 135 cm³/mol. The standard InChI is InChI=1S/C27H22F3N5O/c28-27(29,30)22-8-4-5-9-23(22)34-26(31)35-24-15-12-20(17-32-24)19-10-13-21(14-11-19)33-25(36)16-18-6-2-1-3-7-18/h1-15,17H,16H2,(H,33,36)(H3,31,32,34,35). The molecule has 6 nitrogen and oxygen atoms in total. The molecular formula is C27H22F3N5O. The third-order valence-electron chi connectivity index (χ3n) is 5.19. The Balaban J connectivity index is 1.39. The number of pyridine rings is 1. The molecule has 1 amide bonds. The molecule has 9 heteroatoms. The number of anilines is 2. The van der Waals surface area contributed by atoms with E-state index in [1.807, 2.05) is 42.5 Å². The summed E-state index contributed by atoms with van der Waals surface area (Å²) in [7, 11) is 0. The summed E-state index contributed by atoms with van der Waals surface area (Å²) in [6.07, 6.45) is -2.66. The smallest absolute Gasteiger partial charge is 0.369 e. The van der Waals surface area contributed by atoms with Crippen molar-refractivity contribution >= 4 is 29.1 Å². The number of nitrogens with zero attached hydrogens (tertiary/aromatic N) is 2. The Morgan fingerprint density at radius 3 is 2.17 bits per heavy atom. The van der Waals surface area contributed by atoms with Crippen molar-refractivity contribution in [2.75, 3.05) is 10.6 Å². The van der Waals surface area contributed by atoms with Gasteiger partial charge in [-0.2, -0.15) is 18.2 Å². The minimum absolute atomic E-state index is 0.109. The Hall–Kier alpha value is -4.66. The number of guanidine groups is 1. The lowest BCUT2D eigenvalue weighted by Crippen LogP contribution is -2.24. The molecule has 4 aromatic rings. The molecule has 0 saturated heterocycles. The zero-order chi connectivity index (χ0) is 25.5. The summed E-state index contributed by atoms with van der Waals surface area (Å²) in [5.41, 5.74) is 8.03. The second-order valence-electron chi connectivity index (χ2n) is 7.86. The van der Waals surface area contributed by atoms with Crippen LogP contribution >= 0.6 is 0 Å². The third-order valence-corrected chi connectivity index (χ3v) is 5.19. The molecule has 0 aliphatic carbocycles. The molecule has 36 heavy (non-hydrogen) atoms. The highest BCUT2D eigenvalue weighted by molar-refractivity contribution is 5.94. The molecule has 0 aliphatic heterocycles. The molecule has 182 valence electrons. The minimum atomic E-state index is -4.52. The van der Waals surface area contributed by atoms with Crippen LogP contribution in [0.15, 0.2) is 102 Å². The number of aliphatic imine (C=N–C) groups is 1. The Morgan fingerprint density at radius 2 is 1.50 bits per heavy atom. The summed E-state index contributed by atoms with van der Waals surface area (Å²) in [4.78, 5) is 20.5. The van der Waals surface area contributed by atoms with E-state index in [2.05, 4.69) is 20.6 Å². The largest absolute Gasteiger partial charge is 0.418 e. The maximum Gasteiger partial charge on any atom is 0.418 e. The van der Waals surface area contributed by atoms with Gasteiger partial charge in [-0.25, -0.2) is 4.98 Å². The van der Waals surface area contributed by atoms with E-state index in [0.717, 1.165) is 22.8 Å². The number of hydrogen-bond donors (Lipinski definition) is 3. The maximum atomic E-state index is 13.2. The van der Waals surface area contributed by atoms with Crippen LogP contribution in [0.4, 0.5) is 30.4 Å². The molecular weight excluding hydrogens is 467 g/mol. The summed E-state index contributed by atoms with van der Waals surface area (Å²) in [5.74, 6) is -0.0949. The van der Waals surface area contributed by atoms with Crippen molar-refractivity contribution in [3.8, 4) is 11.1 Å². The number of amides is 1. The second-order valence-corrected chi connectivity index (χ2v) is 7.86. The average Bonchev–Trinajstić information content (AvgIpc) is 2.85. The first-order valence-electron chi connectivity index (χ1n) is 11.0. The van der Waals surface area contributed by atoms with Crippen molar-refractivity contribution in [2.45, 2.75) is 12.6 Å². The van der Waals surface area contributed by atoms with Gasteiger partial charge in [-0.1, -0.05) is 54.6 Å². The first-order valence-corrected chi connectivity index (χ1v) is 11.0. The molecule has 0 spiro atoms. The van der Waals surface area contributed by atoms with Crippen LogP contribution in [0.2, 0.25) is 0 Å². The molecule has 0 fully saturated rings. The number of rotatable bonds is 6. The van der Waals surface area contributed by atoms with Crippen LogP contribution in [0.5, 0.6) is 0 Å². The Bertz CT molecular complexity index is 1350. The van der Waals surface area contributed by atoms with Crippen LogP contribution in [-0.4, -0.2) is 16.9 Å². The zero-order valence-electron chi connectivity index (χ0n) is 19.0. The molecule has 4 rings (SSSR count). The number of benzene rings is 3. The van der Waals surface area contributed by atoms with Gasteiger partial charge in [0.05, 0.1) is 17.7 Å². The SMILES string of the molecule is NC(=Nc1ccc(-c2ccc(NC(=O)Cc3ccccc3)cc2)cn1)Nc1ccccc1C(F)(F)F. The van der Waals surface area contributed by atoms with Gasteiger partial charge in [-0.15, -0.1) is 0 Å². The Labute approximate surface area is 205 Å². The molecule has 1 aromatic heterocycles. The quantitative estimate of drug-likeness (QED) is 0.229. The highest BCUT2D eigenvalue weighted by Gasteiger charge is 2.33. The number of para-hydroxylation sites is 1. The normalized spacial score (nSPS) is 11.7. The molecule has 3 aromatic carbocycles. The van der Waals surface area contributed by atoms with Crippen LogP contribution in [-0.2, 0) is 17.4 Å². The molecule has 0 radical (unpaired) electrons. The fourth-order valence-corrected chi connectivity index (χ4v) is 3.48. The van der Waals surface area contributed by atoms with Crippen LogP contribution < -0.4 is 16.4 Å². The van der Waals surface area contributed by atoms with Gasteiger partial charge in [0, 0.05) is 17.4 Å². The van der Waals surface area contributed by atoms with Crippen molar-refractivity contribution in [1.82, 2.24) is 4.98 Å². The maximum absolute atomic E-state index is 13.2. The minimum Gasteiger partial charge on any atom is -0.369 e. The first-order chi connectivity index (χ1) is 17.3. The Morgan fingerprint density at radius 1 is 0.833 bits per heavy atom. The van der Waals surface area contributed by atoms with E-state index >= 15 is 0 Å². The lowest BCUT2D eigenvalue weighted by Gasteiger charge is -2.13. The van der Waals surface area contributed by atoms with E-state index in [1.54, 1.807) is 30.5 Å². The molecule has 0 saturated carbocycles. The van der Waals surface area contributed by atoms with Gasteiger partial charge in [-0.3, -0.25) is 4.79 Å². The van der Waals surface area contributed by atoms with E-state index in [1.165, 1.54) is 18.2 Å². The number of carbonyl (C=O) groups excluding carboxylic acids is 1. The fraction of sp³-hybridized carbons (Fsp3) is 0.0741. The summed E-state index contributed by atoms with van der Waals surface area (Å²) in [6, 6.07) is 25.1. The summed E-state index contributed by atoms with van der Waals surface area (Å²) < 4.78 is 39.5. The zero-order valence-corrected chi connectivity index (χ0v) is 19.0. The highest BCUT2D eigenvalue weighted by atomic mass is 19.4. The van der Waals surface area contributed by atoms with E-state index in [9.17, 15) is 18.0 Å². The number of nitrogens with two attached hydrogens (primary N) is 1. The summed E-state index contributed by atoms with van der Waals surface area (Å²) in [5, 5.41) is 5.35. The molecule has 0 unspecified atom stereocenters. The average molecular weight is 490 g/mol. The molecule has 0 aliphatic rings. The van der Waals surface area contributed by atoms with Gasteiger partial charge >= 0.3 is 6.18 Å². The van der Waals surface area contributed by atoms with Crippen LogP contribution in [0.3, 0.4) is 0 Å². The molecule has 1 heterocycles. The van der Waals surface area contributed by atoms with Crippen LogP contribution in [0.1, 0.15) is 11.1 Å². The van der Waals surface area contributed by atoms with Gasteiger partial charge < -0.3 is 16.4 Å². The molecule has 0 bridgehead atoms. The monoisotopic (exact) mass is 489 g/mol. The van der Waals surface area contributed by atoms with Crippen molar-refractivity contribution in [3.05, 3.63) is 108 Å². The Kier molecular flexibility index (Phi) is 7.29. The number of halogens is 3. The third kappa shape index (κ3) is 6.47. The first kappa shape index (κ1) is 24.5. The number of carbonyl (C=O) groups is 1. The number of hydrogen-bond acceptors (Lipinski definition) is 3. The van der Waals surface area contributed by atoms with Crippen molar-refractivity contribution in [2.24, 2.45) is 10.7 Å². The second kappa shape index (κ2) is 10.7. The summed E-state index contributed by atoms with van der Waals surface area (Å²) >= 11 is 0. The number of nitrogens with one attached hydrogen (secondary N) is 2. The topological polar surface area (TPSA) is 92.4 Å². The van der Waals surface area contributed by atoms with Gasteiger partial charge in [0.25, 0.3) is 0 Å². The van der Waals surface area contributed by atoms with Crippen LogP contribution in [0, 0.1) is 0 Å². The molecule has 4 N–H and O–H groups in total. The number of alkyl halides is 3. The summed E-state index contributed by atoms with van der Waals surface area (Å²) in [6.45, 7) is 0. The lowest BCUT2D eigenvalue weighted by atomic mass is 10.1. The van der Waals surface area contributed by atoms with Crippen LogP contribution in [0.25, 0.3) is 11.1 Å².